The average Bonchev–Trinajstić information content (AvgIpc) is 2.50. The second kappa shape index (κ2) is 8.12. The van der Waals surface area contributed by atoms with Crippen molar-refractivity contribution in [1.82, 2.24) is 4.90 Å². The average molecular weight is 291 g/mol. The fourth-order valence-corrected chi connectivity index (χ4v) is 2.39. The van der Waals surface area contributed by atoms with E-state index in [0.29, 0.717) is 6.42 Å². The summed E-state index contributed by atoms with van der Waals surface area (Å²) >= 11 is 0. The molecule has 1 saturated heterocycles. The van der Waals surface area contributed by atoms with Crippen molar-refractivity contribution in [3.8, 4) is 0 Å². The molecular weight excluding hydrogens is 266 g/mol. The van der Waals surface area contributed by atoms with Crippen molar-refractivity contribution in [3.63, 3.8) is 0 Å². The molecule has 0 aromatic heterocycles. The summed E-state index contributed by atoms with van der Waals surface area (Å²) in [7, 11) is 0. The Kier molecular flexibility index (Phi) is 6.17. The van der Waals surface area contributed by atoms with Crippen LogP contribution in [0.25, 0.3) is 0 Å². The maximum Gasteiger partial charge on any atom is 0.241 e. The minimum absolute atomic E-state index is 0.113. The second-order valence-electron chi connectivity index (χ2n) is 5.47. The van der Waals surface area contributed by atoms with Gasteiger partial charge in [-0.3, -0.25) is 9.69 Å². The molecule has 1 aliphatic rings. The predicted octanol–water partition coefficient (Wildman–Crippen LogP) is 1.58. The zero-order valence-electron chi connectivity index (χ0n) is 12.7. The molecule has 1 aromatic carbocycles. The van der Waals surface area contributed by atoms with E-state index in [-0.39, 0.29) is 5.91 Å². The van der Waals surface area contributed by atoms with Gasteiger partial charge in [0.25, 0.3) is 0 Å². The van der Waals surface area contributed by atoms with Gasteiger partial charge in [-0.1, -0.05) is 25.5 Å². The van der Waals surface area contributed by atoms with Crippen LogP contribution in [0.5, 0.6) is 0 Å². The van der Waals surface area contributed by atoms with Gasteiger partial charge in [-0.25, -0.2) is 0 Å². The lowest BCUT2D eigenvalue weighted by Gasteiger charge is -2.26. The molecule has 1 fully saturated rings. The molecule has 1 unspecified atom stereocenters. The third-order valence-corrected chi connectivity index (χ3v) is 3.67. The van der Waals surface area contributed by atoms with Gasteiger partial charge in [0.1, 0.15) is 0 Å². The molecule has 1 heterocycles. The summed E-state index contributed by atoms with van der Waals surface area (Å²) in [5.41, 5.74) is 7.84. The van der Waals surface area contributed by atoms with E-state index in [1.54, 1.807) is 0 Å². The molecule has 3 N–H and O–H groups in total. The molecule has 1 atom stereocenters. The quantitative estimate of drug-likeness (QED) is 0.835. The van der Waals surface area contributed by atoms with E-state index in [2.05, 4.69) is 22.3 Å². The second-order valence-corrected chi connectivity index (χ2v) is 5.47. The maximum absolute atomic E-state index is 11.8. The van der Waals surface area contributed by atoms with Crippen LogP contribution in [0.2, 0.25) is 0 Å². The monoisotopic (exact) mass is 291 g/mol. The molecule has 1 amide bonds. The third-order valence-electron chi connectivity index (χ3n) is 3.67. The van der Waals surface area contributed by atoms with E-state index in [4.69, 9.17) is 10.5 Å². The minimum atomic E-state index is -0.428. The molecule has 5 nitrogen and oxygen atoms in total. The summed E-state index contributed by atoms with van der Waals surface area (Å²) in [5, 5.41) is 2.86. The predicted molar refractivity (Wildman–Crippen MR) is 84.1 cm³/mol. The largest absolute Gasteiger partial charge is 0.379 e. The van der Waals surface area contributed by atoms with Gasteiger partial charge in [0.15, 0.2) is 0 Å². The fourth-order valence-electron chi connectivity index (χ4n) is 2.39. The zero-order chi connectivity index (χ0) is 15.1. The van der Waals surface area contributed by atoms with Crippen LogP contribution in [0.4, 0.5) is 5.69 Å². The van der Waals surface area contributed by atoms with Crippen LogP contribution >= 0.6 is 0 Å². The van der Waals surface area contributed by atoms with Crippen LogP contribution < -0.4 is 11.1 Å². The first-order valence-electron chi connectivity index (χ1n) is 7.64. The van der Waals surface area contributed by atoms with Crippen molar-refractivity contribution in [3.05, 3.63) is 29.8 Å². The standard InChI is InChI=1S/C16H25N3O2/c1-2-3-15(17)16(20)18-14-6-4-13(5-7-14)12-19-8-10-21-11-9-19/h4-7,15H,2-3,8-12,17H2,1H3,(H,18,20). The van der Waals surface area contributed by atoms with Gasteiger partial charge in [0, 0.05) is 25.3 Å². The van der Waals surface area contributed by atoms with E-state index in [9.17, 15) is 4.79 Å². The Bertz CT molecular complexity index is 441. The first-order chi connectivity index (χ1) is 10.2. The van der Waals surface area contributed by atoms with Crippen LogP contribution in [-0.2, 0) is 16.1 Å². The van der Waals surface area contributed by atoms with Crippen molar-refractivity contribution in [2.75, 3.05) is 31.6 Å². The van der Waals surface area contributed by atoms with Crippen molar-refractivity contribution < 1.29 is 9.53 Å². The molecular formula is C16H25N3O2. The highest BCUT2D eigenvalue weighted by Crippen LogP contribution is 2.13. The molecule has 2 rings (SSSR count). The summed E-state index contributed by atoms with van der Waals surface area (Å²) < 4.78 is 5.34. The van der Waals surface area contributed by atoms with Crippen molar-refractivity contribution in [2.45, 2.75) is 32.4 Å². The molecule has 21 heavy (non-hydrogen) atoms. The van der Waals surface area contributed by atoms with Gasteiger partial charge < -0.3 is 15.8 Å². The van der Waals surface area contributed by atoms with Crippen LogP contribution in [0.15, 0.2) is 24.3 Å². The number of amides is 1. The topological polar surface area (TPSA) is 67.6 Å². The molecule has 0 saturated carbocycles. The van der Waals surface area contributed by atoms with Gasteiger partial charge in [0.05, 0.1) is 19.3 Å². The molecule has 0 spiro atoms. The smallest absolute Gasteiger partial charge is 0.241 e. The number of anilines is 1. The summed E-state index contributed by atoms with van der Waals surface area (Å²) in [4.78, 5) is 14.2. The number of nitrogens with two attached hydrogens (primary N) is 1. The number of ether oxygens (including phenoxy) is 1. The number of nitrogens with one attached hydrogen (secondary N) is 1. The van der Waals surface area contributed by atoms with Crippen LogP contribution in [0.1, 0.15) is 25.3 Å². The van der Waals surface area contributed by atoms with Gasteiger partial charge in [-0.15, -0.1) is 0 Å². The summed E-state index contributed by atoms with van der Waals surface area (Å²) in [5.74, 6) is -0.113. The number of benzene rings is 1. The van der Waals surface area contributed by atoms with Crippen molar-refractivity contribution in [2.24, 2.45) is 5.73 Å². The van der Waals surface area contributed by atoms with Gasteiger partial charge in [-0.2, -0.15) is 0 Å². The van der Waals surface area contributed by atoms with Gasteiger partial charge in [0.2, 0.25) is 5.91 Å². The van der Waals surface area contributed by atoms with Crippen LogP contribution in [-0.4, -0.2) is 43.2 Å². The number of nitrogens with zero attached hydrogens (tertiary/aromatic N) is 1. The van der Waals surface area contributed by atoms with E-state index in [1.165, 1.54) is 5.56 Å². The fraction of sp³-hybridized carbons (Fsp3) is 0.562. The molecule has 0 radical (unpaired) electrons. The summed E-state index contributed by atoms with van der Waals surface area (Å²) in [6.07, 6.45) is 1.62. The number of hydrogen-bond donors (Lipinski definition) is 2. The Labute approximate surface area is 126 Å². The van der Waals surface area contributed by atoms with E-state index >= 15 is 0 Å². The first kappa shape index (κ1) is 15.9. The zero-order valence-corrected chi connectivity index (χ0v) is 12.7. The molecule has 1 aromatic rings. The van der Waals surface area contributed by atoms with E-state index < -0.39 is 6.04 Å². The summed E-state index contributed by atoms with van der Waals surface area (Å²) in [6, 6.07) is 7.55. The third kappa shape index (κ3) is 5.12. The van der Waals surface area contributed by atoms with E-state index in [1.807, 2.05) is 19.1 Å². The first-order valence-corrected chi connectivity index (χ1v) is 7.64. The maximum atomic E-state index is 11.8. The molecule has 0 bridgehead atoms. The number of rotatable bonds is 6. The highest BCUT2D eigenvalue weighted by atomic mass is 16.5. The minimum Gasteiger partial charge on any atom is -0.379 e. The van der Waals surface area contributed by atoms with E-state index in [0.717, 1.165) is 45.0 Å². The Morgan fingerprint density at radius 3 is 2.62 bits per heavy atom. The normalized spacial score (nSPS) is 17.4. The van der Waals surface area contributed by atoms with Crippen molar-refractivity contribution in [1.29, 1.82) is 0 Å². The Morgan fingerprint density at radius 2 is 2.00 bits per heavy atom. The van der Waals surface area contributed by atoms with Crippen LogP contribution in [0.3, 0.4) is 0 Å². The number of morpholine rings is 1. The highest BCUT2D eigenvalue weighted by molar-refractivity contribution is 5.94. The Morgan fingerprint density at radius 1 is 1.33 bits per heavy atom. The lowest BCUT2D eigenvalue weighted by Crippen LogP contribution is -2.35. The number of carbonyl (C=O) groups excluding carboxylic acids is 1. The lowest BCUT2D eigenvalue weighted by atomic mass is 10.1. The van der Waals surface area contributed by atoms with Gasteiger partial charge >= 0.3 is 0 Å². The number of carbonyl (C=O) groups is 1. The van der Waals surface area contributed by atoms with Crippen molar-refractivity contribution >= 4 is 11.6 Å². The molecule has 5 heteroatoms. The lowest BCUT2D eigenvalue weighted by molar-refractivity contribution is -0.117. The highest BCUT2D eigenvalue weighted by Gasteiger charge is 2.13. The SMILES string of the molecule is CCCC(N)C(=O)Nc1ccc(CN2CCOCC2)cc1. The molecule has 1 aliphatic heterocycles. The summed E-state index contributed by atoms with van der Waals surface area (Å²) in [6.45, 7) is 6.52. The van der Waals surface area contributed by atoms with Gasteiger partial charge in [-0.05, 0) is 24.1 Å². The Hall–Kier alpha value is -1.43. The number of hydrogen-bond acceptors (Lipinski definition) is 4. The molecule has 0 aliphatic carbocycles. The molecule has 116 valence electrons. The Balaban J connectivity index is 1.85. The van der Waals surface area contributed by atoms with Crippen LogP contribution in [0, 0.1) is 0 Å².